The van der Waals surface area contributed by atoms with Crippen LogP contribution in [0, 0.1) is 6.92 Å². The lowest BCUT2D eigenvalue weighted by Gasteiger charge is -2.05. The topological polar surface area (TPSA) is 59.8 Å². The number of carbonyl (C=O) groups excluding carboxylic acids is 1. The van der Waals surface area contributed by atoms with Gasteiger partial charge in [0.25, 0.3) is 0 Å². The lowest BCUT2D eigenvalue weighted by atomic mass is 10.1. The maximum Gasteiger partial charge on any atom is 0.230 e. The second-order valence-electron chi connectivity index (χ2n) is 4.14. The number of aromatic nitrogens is 3. The number of thioether (sulfide) groups is 1. The van der Waals surface area contributed by atoms with Crippen molar-refractivity contribution in [3.63, 3.8) is 0 Å². The molecule has 2 rings (SSSR count). The zero-order valence-corrected chi connectivity index (χ0v) is 12.0. The first-order valence-electron chi connectivity index (χ1n) is 5.92. The van der Waals surface area contributed by atoms with Gasteiger partial charge in [-0.25, -0.2) is 0 Å². The molecular formula is C13H16N4OS. The third kappa shape index (κ3) is 2.96. The maximum absolute atomic E-state index is 11.2. The van der Waals surface area contributed by atoms with E-state index in [1.54, 1.807) is 7.05 Å². The fourth-order valence-corrected chi connectivity index (χ4v) is 2.48. The molecular weight excluding hydrogens is 260 g/mol. The molecule has 1 aromatic heterocycles. The van der Waals surface area contributed by atoms with Crippen LogP contribution in [-0.2, 0) is 11.8 Å². The average molecular weight is 276 g/mol. The number of hydrogen-bond acceptors (Lipinski definition) is 4. The second kappa shape index (κ2) is 5.88. The third-order valence-electron chi connectivity index (χ3n) is 2.83. The summed E-state index contributed by atoms with van der Waals surface area (Å²) in [5.74, 6) is 1.14. The minimum absolute atomic E-state index is 0.0227. The van der Waals surface area contributed by atoms with Crippen molar-refractivity contribution in [3.05, 3.63) is 29.8 Å². The van der Waals surface area contributed by atoms with Crippen LogP contribution in [0.25, 0.3) is 11.4 Å². The highest BCUT2D eigenvalue weighted by Crippen LogP contribution is 2.24. The molecule has 1 heterocycles. The Hall–Kier alpha value is -1.82. The lowest BCUT2D eigenvalue weighted by molar-refractivity contribution is -0.118. The monoisotopic (exact) mass is 276 g/mol. The Kier molecular flexibility index (Phi) is 4.21. The van der Waals surface area contributed by atoms with Crippen LogP contribution in [0.4, 0.5) is 0 Å². The van der Waals surface area contributed by atoms with Crippen LogP contribution in [0.3, 0.4) is 0 Å². The summed E-state index contributed by atoms with van der Waals surface area (Å²) >= 11 is 1.38. The van der Waals surface area contributed by atoms with Crippen molar-refractivity contribution in [3.8, 4) is 11.4 Å². The summed E-state index contributed by atoms with van der Waals surface area (Å²) in [6.07, 6.45) is 0. The van der Waals surface area contributed by atoms with E-state index in [2.05, 4.69) is 15.5 Å². The Bertz CT molecular complexity index is 594. The van der Waals surface area contributed by atoms with E-state index < -0.39 is 0 Å². The molecule has 1 aromatic carbocycles. The highest BCUT2D eigenvalue weighted by Gasteiger charge is 2.13. The van der Waals surface area contributed by atoms with Crippen LogP contribution in [0.1, 0.15) is 5.56 Å². The van der Waals surface area contributed by atoms with Gasteiger partial charge in [-0.2, -0.15) is 0 Å². The fraction of sp³-hybridized carbons (Fsp3) is 0.308. The predicted molar refractivity (Wildman–Crippen MR) is 76.0 cm³/mol. The van der Waals surface area contributed by atoms with Gasteiger partial charge in [-0.3, -0.25) is 4.79 Å². The largest absolute Gasteiger partial charge is 0.358 e. The van der Waals surface area contributed by atoms with Gasteiger partial charge in [0.15, 0.2) is 11.0 Å². The summed E-state index contributed by atoms with van der Waals surface area (Å²) in [5, 5.41) is 11.7. The van der Waals surface area contributed by atoms with Gasteiger partial charge in [-0.1, -0.05) is 36.0 Å². The Morgan fingerprint density at radius 3 is 2.79 bits per heavy atom. The number of aryl methyl sites for hydroxylation is 1. The summed E-state index contributed by atoms with van der Waals surface area (Å²) in [5.41, 5.74) is 2.21. The third-order valence-corrected chi connectivity index (χ3v) is 3.85. The minimum Gasteiger partial charge on any atom is -0.358 e. The van der Waals surface area contributed by atoms with E-state index >= 15 is 0 Å². The second-order valence-corrected chi connectivity index (χ2v) is 5.08. The van der Waals surface area contributed by atoms with Crippen LogP contribution in [0.2, 0.25) is 0 Å². The molecule has 0 fully saturated rings. The van der Waals surface area contributed by atoms with Gasteiger partial charge in [0, 0.05) is 19.7 Å². The number of benzene rings is 1. The summed E-state index contributed by atoms with van der Waals surface area (Å²) in [4.78, 5) is 11.2. The molecule has 0 aliphatic carbocycles. The van der Waals surface area contributed by atoms with Crippen molar-refractivity contribution >= 4 is 17.7 Å². The zero-order valence-electron chi connectivity index (χ0n) is 11.2. The molecule has 0 bridgehead atoms. The quantitative estimate of drug-likeness (QED) is 0.862. The maximum atomic E-state index is 11.2. The predicted octanol–water partition coefficient (Wildman–Crippen LogP) is 1.63. The molecule has 0 aliphatic rings. The van der Waals surface area contributed by atoms with Crippen molar-refractivity contribution in [2.45, 2.75) is 12.1 Å². The van der Waals surface area contributed by atoms with Crippen molar-refractivity contribution in [1.82, 2.24) is 20.1 Å². The molecule has 2 aromatic rings. The van der Waals surface area contributed by atoms with Gasteiger partial charge in [-0.05, 0) is 12.5 Å². The summed E-state index contributed by atoms with van der Waals surface area (Å²) in [7, 11) is 3.53. The SMILES string of the molecule is CNC(=O)CSc1nnc(-c2ccccc2C)n1C. The Balaban J connectivity index is 2.24. The van der Waals surface area contributed by atoms with Crippen LogP contribution in [0.15, 0.2) is 29.4 Å². The molecule has 1 N–H and O–H groups in total. The van der Waals surface area contributed by atoms with E-state index in [0.717, 1.165) is 22.1 Å². The van der Waals surface area contributed by atoms with Crippen molar-refractivity contribution in [2.75, 3.05) is 12.8 Å². The van der Waals surface area contributed by atoms with E-state index in [1.165, 1.54) is 11.8 Å². The molecule has 0 atom stereocenters. The van der Waals surface area contributed by atoms with Gasteiger partial charge in [-0.15, -0.1) is 10.2 Å². The van der Waals surface area contributed by atoms with E-state index in [9.17, 15) is 4.79 Å². The number of amides is 1. The molecule has 0 radical (unpaired) electrons. The molecule has 19 heavy (non-hydrogen) atoms. The molecule has 0 spiro atoms. The van der Waals surface area contributed by atoms with Gasteiger partial charge in [0.1, 0.15) is 0 Å². The fourth-order valence-electron chi connectivity index (χ4n) is 1.70. The van der Waals surface area contributed by atoms with E-state index in [-0.39, 0.29) is 5.91 Å². The molecule has 0 saturated heterocycles. The van der Waals surface area contributed by atoms with Crippen LogP contribution in [-0.4, -0.2) is 33.5 Å². The van der Waals surface area contributed by atoms with Crippen LogP contribution < -0.4 is 5.32 Å². The molecule has 100 valence electrons. The first-order chi connectivity index (χ1) is 9.13. The van der Waals surface area contributed by atoms with Gasteiger partial charge in [0.2, 0.25) is 5.91 Å². The molecule has 0 aliphatic heterocycles. The normalized spacial score (nSPS) is 10.5. The van der Waals surface area contributed by atoms with Crippen molar-refractivity contribution in [2.24, 2.45) is 7.05 Å². The van der Waals surface area contributed by atoms with E-state index in [0.29, 0.717) is 5.75 Å². The smallest absolute Gasteiger partial charge is 0.230 e. The van der Waals surface area contributed by atoms with Gasteiger partial charge >= 0.3 is 0 Å². The standard InChI is InChI=1S/C13H16N4OS/c1-9-6-4-5-7-10(9)12-15-16-13(17(12)3)19-8-11(18)14-2/h4-7H,8H2,1-3H3,(H,14,18). The van der Waals surface area contributed by atoms with Crippen molar-refractivity contribution in [1.29, 1.82) is 0 Å². The number of nitrogens with one attached hydrogen (secondary N) is 1. The zero-order chi connectivity index (χ0) is 13.8. The first-order valence-corrected chi connectivity index (χ1v) is 6.91. The Morgan fingerprint density at radius 2 is 2.11 bits per heavy atom. The molecule has 0 saturated carbocycles. The summed E-state index contributed by atoms with van der Waals surface area (Å²) in [6, 6.07) is 8.04. The summed E-state index contributed by atoms with van der Waals surface area (Å²) in [6.45, 7) is 2.04. The van der Waals surface area contributed by atoms with Crippen molar-refractivity contribution < 1.29 is 4.79 Å². The average Bonchev–Trinajstić information content (AvgIpc) is 2.78. The number of rotatable bonds is 4. The Labute approximate surface area is 116 Å². The molecule has 5 nitrogen and oxygen atoms in total. The van der Waals surface area contributed by atoms with Crippen LogP contribution in [0.5, 0.6) is 0 Å². The van der Waals surface area contributed by atoms with Gasteiger partial charge in [0.05, 0.1) is 5.75 Å². The minimum atomic E-state index is -0.0227. The number of hydrogen-bond donors (Lipinski definition) is 1. The number of carbonyl (C=O) groups is 1. The highest BCUT2D eigenvalue weighted by molar-refractivity contribution is 7.99. The summed E-state index contributed by atoms with van der Waals surface area (Å²) < 4.78 is 1.91. The molecule has 0 unspecified atom stereocenters. The highest BCUT2D eigenvalue weighted by atomic mass is 32.2. The van der Waals surface area contributed by atoms with Crippen LogP contribution >= 0.6 is 11.8 Å². The lowest BCUT2D eigenvalue weighted by Crippen LogP contribution is -2.20. The molecule has 1 amide bonds. The Morgan fingerprint density at radius 1 is 1.37 bits per heavy atom. The van der Waals surface area contributed by atoms with E-state index in [4.69, 9.17) is 0 Å². The van der Waals surface area contributed by atoms with Gasteiger partial charge < -0.3 is 9.88 Å². The number of nitrogens with zero attached hydrogens (tertiary/aromatic N) is 3. The molecule has 6 heteroatoms. The van der Waals surface area contributed by atoms with E-state index in [1.807, 2.05) is 42.8 Å². The first kappa shape index (κ1) is 13.6.